The summed E-state index contributed by atoms with van der Waals surface area (Å²) in [7, 11) is 0. The van der Waals surface area contributed by atoms with Crippen molar-refractivity contribution in [3.63, 3.8) is 0 Å². The molecule has 6 nitrogen and oxygen atoms in total. The van der Waals surface area contributed by atoms with Gasteiger partial charge in [-0.1, -0.05) is 0 Å². The van der Waals surface area contributed by atoms with Gasteiger partial charge in [-0.3, -0.25) is 9.78 Å². The highest BCUT2D eigenvalue weighted by Crippen LogP contribution is 2.08. The van der Waals surface area contributed by atoms with E-state index < -0.39 is 5.97 Å². The van der Waals surface area contributed by atoms with Gasteiger partial charge in [0.15, 0.2) is 0 Å². The van der Waals surface area contributed by atoms with E-state index in [1.807, 2.05) is 6.92 Å². The third-order valence-corrected chi connectivity index (χ3v) is 2.24. The van der Waals surface area contributed by atoms with Gasteiger partial charge >= 0.3 is 5.97 Å². The summed E-state index contributed by atoms with van der Waals surface area (Å²) in [6.45, 7) is 3.31. The minimum Gasteiger partial charge on any atom is -0.478 e. The molecule has 0 radical (unpaired) electrons. The zero-order valence-electron chi connectivity index (χ0n) is 10.6. The zero-order valence-corrected chi connectivity index (χ0v) is 10.6. The Morgan fingerprint density at radius 3 is 3.00 bits per heavy atom. The maximum Gasteiger partial charge on any atom is 0.328 e. The van der Waals surface area contributed by atoms with Crippen LogP contribution < -0.4 is 5.32 Å². The lowest BCUT2D eigenvalue weighted by Crippen LogP contribution is -2.27. The number of amides is 1. The van der Waals surface area contributed by atoms with Gasteiger partial charge in [0.1, 0.15) is 0 Å². The Bertz CT molecular complexity index is 471. The number of pyridine rings is 1. The van der Waals surface area contributed by atoms with Crippen molar-refractivity contribution in [1.82, 2.24) is 10.3 Å². The van der Waals surface area contributed by atoms with Gasteiger partial charge in [-0.25, -0.2) is 4.79 Å². The first-order valence-corrected chi connectivity index (χ1v) is 5.86. The SMILES string of the molecule is CCOCCNC(=O)c1ccncc1C=CC(=O)O. The fraction of sp³-hybridized carbons (Fsp3) is 0.308. The molecule has 0 atom stereocenters. The highest BCUT2D eigenvalue weighted by Gasteiger charge is 2.09. The number of aromatic nitrogens is 1. The number of nitrogens with one attached hydrogen (secondary N) is 1. The number of aliphatic carboxylic acids is 1. The van der Waals surface area contributed by atoms with Crippen molar-refractivity contribution in [2.24, 2.45) is 0 Å². The second kappa shape index (κ2) is 7.99. The van der Waals surface area contributed by atoms with Gasteiger partial charge in [-0.05, 0) is 19.1 Å². The van der Waals surface area contributed by atoms with E-state index in [1.54, 1.807) is 0 Å². The third kappa shape index (κ3) is 5.31. The summed E-state index contributed by atoms with van der Waals surface area (Å²) in [6.07, 6.45) is 5.23. The summed E-state index contributed by atoms with van der Waals surface area (Å²) in [6, 6.07) is 1.54. The lowest BCUT2D eigenvalue weighted by molar-refractivity contribution is -0.131. The van der Waals surface area contributed by atoms with Gasteiger partial charge in [-0.2, -0.15) is 0 Å². The average Bonchev–Trinajstić information content (AvgIpc) is 2.41. The molecule has 1 aromatic heterocycles. The van der Waals surface area contributed by atoms with E-state index in [1.165, 1.54) is 24.5 Å². The van der Waals surface area contributed by atoms with Gasteiger partial charge < -0.3 is 15.2 Å². The van der Waals surface area contributed by atoms with E-state index in [0.29, 0.717) is 30.9 Å². The lowest BCUT2D eigenvalue weighted by Gasteiger charge is -2.07. The van der Waals surface area contributed by atoms with E-state index in [0.717, 1.165) is 6.08 Å². The Balaban J connectivity index is 2.71. The van der Waals surface area contributed by atoms with Crippen LogP contribution in [0.25, 0.3) is 6.08 Å². The van der Waals surface area contributed by atoms with Crippen molar-refractivity contribution < 1.29 is 19.4 Å². The van der Waals surface area contributed by atoms with Gasteiger partial charge in [0.05, 0.1) is 6.61 Å². The summed E-state index contributed by atoms with van der Waals surface area (Å²) >= 11 is 0. The van der Waals surface area contributed by atoms with Crippen molar-refractivity contribution in [2.75, 3.05) is 19.8 Å². The predicted molar refractivity (Wildman–Crippen MR) is 69.7 cm³/mol. The first-order valence-electron chi connectivity index (χ1n) is 5.86. The van der Waals surface area contributed by atoms with Crippen LogP contribution in [0.15, 0.2) is 24.5 Å². The zero-order chi connectivity index (χ0) is 14.1. The Labute approximate surface area is 111 Å². The number of rotatable bonds is 7. The van der Waals surface area contributed by atoms with Crippen molar-refractivity contribution in [3.8, 4) is 0 Å². The normalized spacial score (nSPS) is 10.6. The van der Waals surface area contributed by atoms with Crippen LogP contribution in [0.1, 0.15) is 22.8 Å². The Kier molecular flexibility index (Phi) is 6.25. The van der Waals surface area contributed by atoms with E-state index in [9.17, 15) is 9.59 Å². The molecule has 0 spiro atoms. The molecule has 102 valence electrons. The molecular formula is C13H16N2O4. The van der Waals surface area contributed by atoms with Crippen LogP contribution in [-0.2, 0) is 9.53 Å². The van der Waals surface area contributed by atoms with Crippen LogP contribution in [0.3, 0.4) is 0 Å². The molecule has 6 heteroatoms. The fourth-order valence-electron chi connectivity index (χ4n) is 1.38. The van der Waals surface area contributed by atoms with Gasteiger partial charge in [-0.15, -0.1) is 0 Å². The quantitative estimate of drug-likeness (QED) is 0.565. The summed E-state index contributed by atoms with van der Waals surface area (Å²) < 4.78 is 5.11. The second-order valence-corrected chi connectivity index (χ2v) is 3.59. The number of ether oxygens (including phenoxy) is 1. The fourth-order valence-corrected chi connectivity index (χ4v) is 1.38. The molecule has 19 heavy (non-hydrogen) atoms. The molecule has 0 saturated carbocycles. The first kappa shape index (κ1) is 14.8. The molecule has 1 aromatic rings. The number of carboxylic acids is 1. The van der Waals surface area contributed by atoms with Crippen LogP contribution in [0.2, 0.25) is 0 Å². The summed E-state index contributed by atoms with van der Waals surface area (Å²) in [5, 5.41) is 11.3. The van der Waals surface area contributed by atoms with Crippen molar-refractivity contribution in [1.29, 1.82) is 0 Å². The number of hydrogen-bond acceptors (Lipinski definition) is 4. The Morgan fingerprint density at radius 1 is 1.53 bits per heavy atom. The van der Waals surface area contributed by atoms with Crippen LogP contribution in [0.4, 0.5) is 0 Å². The number of carbonyl (C=O) groups excluding carboxylic acids is 1. The van der Waals surface area contributed by atoms with E-state index in [4.69, 9.17) is 9.84 Å². The minimum atomic E-state index is -1.08. The minimum absolute atomic E-state index is 0.285. The second-order valence-electron chi connectivity index (χ2n) is 3.59. The molecule has 1 heterocycles. The van der Waals surface area contributed by atoms with Crippen LogP contribution in [0.5, 0.6) is 0 Å². The van der Waals surface area contributed by atoms with E-state index in [-0.39, 0.29) is 5.91 Å². The summed E-state index contributed by atoms with van der Waals surface area (Å²) in [5.74, 6) is -1.36. The molecule has 0 fully saturated rings. The van der Waals surface area contributed by atoms with Crippen molar-refractivity contribution >= 4 is 18.0 Å². The maximum atomic E-state index is 11.9. The number of nitrogens with zero attached hydrogens (tertiary/aromatic N) is 1. The molecule has 0 aliphatic heterocycles. The van der Waals surface area contributed by atoms with Crippen molar-refractivity contribution in [3.05, 3.63) is 35.7 Å². The largest absolute Gasteiger partial charge is 0.478 e. The van der Waals surface area contributed by atoms with Crippen molar-refractivity contribution in [2.45, 2.75) is 6.92 Å². The standard InChI is InChI=1S/C13H16N2O4/c1-2-19-8-7-15-13(18)11-5-6-14-9-10(11)3-4-12(16)17/h3-6,9H,2,7-8H2,1H3,(H,15,18)(H,16,17). The molecule has 0 bridgehead atoms. The lowest BCUT2D eigenvalue weighted by atomic mass is 10.1. The summed E-state index contributed by atoms with van der Waals surface area (Å²) in [4.78, 5) is 26.2. The predicted octanol–water partition coefficient (Wildman–Crippen LogP) is 0.946. The topological polar surface area (TPSA) is 88.5 Å². The van der Waals surface area contributed by atoms with Crippen LogP contribution >= 0.6 is 0 Å². The highest BCUT2D eigenvalue weighted by molar-refractivity contribution is 5.98. The van der Waals surface area contributed by atoms with Gasteiger partial charge in [0.2, 0.25) is 0 Å². The molecule has 0 unspecified atom stereocenters. The molecule has 0 saturated heterocycles. The van der Waals surface area contributed by atoms with E-state index >= 15 is 0 Å². The smallest absolute Gasteiger partial charge is 0.328 e. The number of hydrogen-bond donors (Lipinski definition) is 2. The maximum absolute atomic E-state index is 11.9. The van der Waals surface area contributed by atoms with Gasteiger partial charge in [0.25, 0.3) is 5.91 Å². The summed E-state index contributed by atoms with van der Waals surface area (Å²) in [5.41, 5.74) is 0.836. The third-order valence-electron chi connectivity index (χ3n) is 2.24. The number of carboxylic acid groups (broad SMARTS) is 1. The van der Waals surface area contributed by atoms with E-state index in [2.05, 4.69) is 10.3 Å². The average molecular weight is 264 g/mol. The van der Waals surface area contributed by atoms with Gasteiger partial charge in [0, 0.05) is 42.7 Å². The Hall–Kier alpha value is -2.21. The molecule has 1 rings (SSSR count). The first-order chi connectivity index (χ1) is 9.15. The molecule has 0 aliphatic rings. The van der Waals surface area contributed by atoms with Crippen LogP contribution in [0, 0.1) is 0 Å². The number of carbonyl (C=O) groups is 2. The molecule has 1 amide bonds. The van der Waals surface area contributed by atoms with Crippen LogP contribution in [-0.4, -0.2) is 41.7 Å². The Morgan fingerprint density at radius 2 is 2.32 bits per heavy atom. The molecular weight excluding hydrogens is 248 g/mol. The highest BCUT2D eigenvalue weighted by atomic mass is 16.5. The molecule has 2 N–H and O–H groups in total. The molecule has 0 aromatic carbocycles. The monoisotopic (exact) mass is 264 g/mol. The molecule has 0 aliphatic carbocycles.